The Morgan fingerprint density at radius 1 is 1.10 bits per heavy atom. The molecular weight excluding hydrogens is 250 g/mol. The van der Waals surface area contributed by atoms with Gasteiger partial charge in [0, 0.05) is 18.2 Å². The fraction of sp³-hybridized carbons (Fsp3) is 0.412. The molecule has 0 aliphatic carbocycles. The number of rotatable bonds is 7. The van der Waals surface area contributed by atoms with Crippen LogP contribution in [0.15, 0.2) is 47.3 Å². The molecule has 108 valence electrons. The highest BCUT2D eigenvalue weighted by molar-refractivity contribution is 5.29. The smallest absolute Gasteiger partial charge is 0.119 e. The zero-order valence-electron chi connectivity index (χ0n) is 12.4. The highest BCUT2D eigenvalue weighted by Crippen LogP contribution is 2.18. The predicted octanol–water partition coefficient (Wildman–Crippen LogP) is 4.17. The molecule has 3 heteroatoms. The minimum absolute atomic E-state index is 0.295. The van der Waals surface area contributed by atoms with Gasteiger partial charge < -0.3 is 14.5 Å². The lowest BCUT2D eigenvalue weighted by atomic mass is 10.1. The summed E-state index contributed by atoms with van der Waals surface area (Å²) in [6, 6.07) is 10.6. The van der Waals surface area contributed by atoms with E-state index >= 15 is 0 Å². The van der Waals surface area contributed by atoms with Crippen LogP contribution in [-0.4, -0.2) is 6.61 Å². The van der Waals surface area contributed by atoms with Gasteiger partial charge in [-0.15, -0.1) is 0 Å². The fourth-order valence-corrected chi connectivity index (χ4v) is 1.90. The molecule has 2 aromatic rings. The molecule has 1 heterocycles. The lowest BCUT2D eigenvalue weighted by molar-refractivity contribution is 0.271. The second kappa shape index (κ2) is 7.15. The lowest BCUT2D eigenvalue weighted by Gasteiger charge is -2.15. The van der Waals surface area contributed by atoms with E-state index in [1.54, 1.807) is 12.5 Å². The van der Waals surface area contributed by atoms with Gasteiger partial charge in [0.15, 0.2) is 0 Å². The van der Waals surface area contributed by atoms with Gasteiger partial charge in [0.1, 0.15) is 5.75 Å². The van der Waals surface area contributed by atoms with Gasteiger partial charge in [-0.2, -0.15) is 0 Å². The SMILES string of the molecule is CC(C)COc1ccc(C(C)NCc2ccoc2)cc1. The van der Waals surface area contributed by atoms with Crippen molar-refractivity contribution >= 4 is 0 Å². The van der Waals surface area contributed by atoms with E-state index in [1.807, 2.05) is 18.2 Å². The molecule has 0 saturated heterocycles. The molecule has 0 aliphatic rings. The van der Waals surface area contributed by atoms with Gasteiger partial charge in [0.05, 0.1) is 19.1 Å². The van der Waals surface area contributed by atoms with E-state index in [0.29, 0.717) is 12.0 Å². The molecule has 2 rings (SSSR count). The van der Waals surface area contributed by atoms with Crippen molar-refractivity contribution in [3.05, 3.63) is 54.0 Å². The van der Waals surface area contributed by atoms with E-state index in [0.717, 1.165) is 24.5 Å². The van der Waals surface area contributed by atoms with Gasteiger partial charge in [-0.25, -0.2) is 0 Å². The Hall–Kier alpha value is -1.74. The monoisotopic (exact) mass is 273 g/mol. The van der Waals surface area contributed by atoms with Crippen LogP contribution < -0.4 is 10.1 Å². The number of benzene rings is 1. The summed E-state index contributed by atoms with van der Waals surface area (Å²) in [6.45, 7) is 8.02. The summed E-state index contributed by atoms with van der Waals surface area (Å²) in [6.07, 6.45) is 3.46. The van der Waals surface area contributed by atoms with Crippen LogP contribution in [0.3, 0.4) is 0 Å². The van der Waals surface area contributed by atoms with Crippen molar-refractivity contribution in [3.63, 3.8) is 0 Å². The number of ether oxygens (including phenoxy) is 1. The number of furan rings is 1. The molecule has 0 amide bonds. The molecule has 1 N–H and O–H groups in total. The molecule has 1 aromatic carbocycles. The summed E-state index contributed by atoms with van der Waals surface area (Å²) in [4.78, 5) is 0. The van der Waals surface area contributed by atoms with Gasteiger partial charge in [0.2, 0.25) is 0 Å². The van der Waals surface area contributed by atoms with E-state index < -0.39 is 0 Å². The average molecular weight is 273 g/mol. The van der Waals surface area contributed by atoms with Gasteiger partial charge in [-0.3, -0.25) is 0 Å². The number of nitrogens with one attached hydrogen (secondary N) is 1. The van der Waals surface area contributed by atoms with Crippen molar-refractivity contribution in [2.75, 3.05) is 6.61 Å². The second-order valence-electron chi connectivity index (χ2n) is 5.51. The maximum Gasteiger partial charge on any atom is 0.119 e. The van der Waals surface area contributed by atoms with Gasteiger partial charge in [0.25, 0.3) is 0 Å². The third-order valence-electron chi connectivity index (χ3n) is 3.16. The molecule has 1 unspecified atom stereocenters. The van der Waals surface area contributed by atoms with Crippen molar-refractivity contribution in [1.29, 1.82) is 0 Å². The highest BCUT2D eigenvalue weighted by Gasteiger charge is 2.06. The van der Waals surface area contributed by atoms with Crippen LogP contribution in [0.4, 0.5) is 0 Å². The fourth-order valence-electron chi connectivity index (χ4n) is 1.90. The third kappa shape index (κ3) is 4.42. The summed E-state index contributed by atoms with van der Waals surface area (Å²) < 4.78 is 10.7. The van der Waals surface area contributed by atoms with Crippen LogP contribution in [0.2, 0.25) is 0 Å². The first-order valence-electron chi connectivity index (χ1n) is 7.12. The van der Waals surface area contributed by atoms with E-state index in [1.165, 1.54) is 5.56 Å². The third-order valence-corrected chi connectivity index (χ3v) is 3.16. The predicted molar refractivity (Wildman–Crippen MR) is 80.7 cm³/mol. The van der Waals surface area contributed by atoms with Crippen LogP contribution in [-0.2, 0) is 6.54 Å². The topological polar surface area (TPSA) is 34.4 Å². The molecule has 20 heavy (non-hydrogen) atoms. The molecule has 1 atom stereocenters. The van der Waals surface area contributed by atoms with Crippen molar-refractivity contribution in [1.82, 2.24) is 5.32 Å². The van der Waals surface area contributed by atoms with E-state index in [9.17, 15) is 0 Å². The maximum absolute atomic E-state index is 5.69. The van der Waals surface area contributed by atoms with Crippen LogP contribution in [0, 0.1) is 5.92 Å². The molecule has 0 spiro atoms. The maximum atomic E-state index is 5.69. The molecule has 0 bridgehead atoms. The van der Waals surface area contributed by atoms with Gasteiger partial charge in [-0.1, -0.05) is 26.0 Å². The minimum atomic E-state index is 0.295. The molecule has 3 nitrogen and oxygen atoms in total. The summed E-state index contributed by atoms with van der Waals surface area (Å²) in [5.74, 6) is 1.48. The molecule has 0 aliphatic heterocycles. The van der Waals surface area contributed by atoms with Crippen LogP contribution in [0.25, 0.3) is 0 Å². The van der Waals surface area contributed by atoms with E-state index in [2.05, 4.69) is 38.2 Å². The zero-order chi connectivity index (χ0) is 14.4. The molecule has 0 radical (unpaired) electrons. The van der Waals surface area contributed by atoms with Gasteiger partial charge in [-0.05, 0) is 36.6 Å². The largest absolute Gasteiger partial charge is 0.493 e. The molecule has 0 saturated carbocycles. The van der Waals surface area contributed by atoms with Crippen LogP contribution in [0.5, 0.6) is 5.75 Å². The van der Waals surface area contributed by atoms with Crippen LogP contribution >= 0.6 is 0 Å². The second-order valence-corrected chi connectivity index (χ2v) is 5.51. The summed E-state index contributed by atoms with van der Waals surface area (Å²) in [5, 5.41) is 3.47. The van der Waals surface area contributed by atoms with Crippen molar-refractivity contribution in [2.24, 2.45) is 5.92 Å². The summed E-state index contributed by atoms with van der Waals surface area (Å²) >= 11 is 0. The lowest BCUT2D eigenvalue weighted by Crippen LogP contribution is -2.17. The molecular formula is C17H23NO2. The Kier molecular flexibility index (Phi) is 5.24. The van der Waals surface area contributed by atoms with Crippen molar-refractivity contribution in [2.45, 2.75) is 33.4 Å². The average Bonchev–Trinajstić information content (AvgIpc) is 2.96. The molecule has 1 aromatic heterocycles. The quantitative estimate of drug-likeness (QED) is 0.822. The summed E-state index contributed by atoms with van der Waals surface area (Å²) in [5.41, 5.74) is 2.42. The Labute approximate surface area is 121 Å². The summed E-state index contributed by atoms with van der Waals surface area (Å²) in [7, 11) is 0. The van der Waals surface area contributed by atoms with E-state index in [4.69, 9.17) is 9.15 Å². The van der Waals surface area contributed by atoms with Crippen molar-refractivity contribution in [3.8, 4) is 5.75 Å². The Bertz CT molecular complexity index is 488. The number of hydrogen-bond acceptors (Lipinski definition) is 3. The highest BCUT2D eigenvalue weighted by atomic mass is 16.5. The normalized spacial score (nSPS) is 12.6. The standard InChI is InChI=1S/C17H23NO2/c1-13(2)11-20-17-6-4-16(5-7-17)14(3)18-10-15-8-9-19-12-15/h4-9,12-14,18H,10-11H2,1-3H3. The Morgan fingerprint density at radius 3 is 2.45 bits per heavy atom. The van der Waals surface area contributed by atoms with Crippen molar-refractivity contribution < 1.29 is 9.15 Å². The first-order valence-corrected chi connectivity index (χ1v) is 7.12. The Morgan fingerprint density at radius 2 is 1.85 bits per heavy atom. The van der Waals surface area contributed by atoms with E-state index in [-0.39, 0.29) is 0 Å². The first-order chi connectivity index (χ1) is 9.65. The van der Waals surface area contributed by atoms with Gasteiger partial charge >= 0.3 is 0 Å². The van der Waals surface area contributed by atoms with Crippen LogP contribution in [0.1, 0.15) is 37.9 Å². The first kappa shape index (κ1) is 14.7. The Balaban J connectivity index is 1.85. The molecule has 0 fully saturated rings. The minimum Gasteiger partial charge on any atom is -0.493 e. The number of hydrogen-bond donors (Lipinski definition) is 1. The zero-order valence-corrected chi connectivity index (χ0v) is 12.4.